The van der Waals surface area contributed by atoms with Gasteiger partial charge in [0.1, 0.15) is 11.6 Å². The van der Waals surface area contributed by atoms with Crippen LogP contribution in [0.1, 0.15) is 22.7 Å². The first-order chi connectivity index (χ1) is 15.5. The van der Waals surface area contributed by atoms with Gasteiger partial charge >= 0.3 is 0 Å². The van der Waals surface area contributed by atoms with Crippen LogP contribution in [-0.2, 0) is 11.3 Å². The molecule has 2 aliphatic heterocycles. The summed E-state index contributed by atoms with van der Waals surface area (Å²) in [5.41, 5.74) is 2.65. The number of hydrogen-bond acceptors (Lipinski definition) is 5. The Balaban J connectivity index is 1.56. The molecule has 1 amide bonds. The van der Waals surface area contributed by atoms with Gasteiger partial charge < -0.3 is 24.2 Å². The van der Waals surface area contributed by atoms with Gasteiger partial charge in [0.25, 0.3) is 5.91 Å². The molecule has 0 saturated carbocycles. The fraction of sp³-hybridized carbons (Fsp3) is 0.160. The van der Waals surface area contributed by atoms with Crippen molar-refractivity contribution < 1.29 is 28.5 Å². The molecular weight excluding hydrogens is 413 g/mol. The number of halogens is 1. The van der Waals surface area contributed by atoms with E-state index in [9.17, 15) is 14.3 Å². The molecule has 1 unspecified atom stereocenters. The topological polar surface area (TPSA) is 68.2 Å². The van der Waals surface area contributed by atoms with Crippen molar-refractivity contribution in [1.29, 1.82) is 0 Å². The van der Waals surface area contributed by atoms with E-state index in [2.05, 4.69) is 0 Å². The molecule has 0 bridgehead atoms. The summed E-state index contributed by atoms with van der Waals surface area (Å²) < 4.78 is 29.7. The third kappa shape index (κ3) is 3.41. The van der Waals surface area contributed by atoms with Crippen molar-refractivity contribution in [2.75, 3.05) is 13.9 Å². The summed E-state index contributed by atoms with van der Waals surface area (Å²) in [4.78, 5) is 14.7. The Labute approximate surface area is 184 Å². The van der Waals surface area contributed by atoms with E-state index in [1.165, 1.54) is 12.1 Å². The number of ether oxygens (including phenoxy) is 3. The minimum absolute atomic E-state index is 0.156. The highest BCUT2D eigenvalue weighted by Crippen LogP contribution is 2.44. The largest absolute Gasteiger partial charge is 0.503 e. The maximum Gasteiger partial charge on any atom is 0.290 e. The number of aliphatic hydroxyl groups is 1. The summed E-state index contributed by atoms with van der Waals surface area (Å²) in [5.74, 6) is 0.720. The summed E-state index contributed by atoms with van der Waals surface area (Å²) >= 11 is 0. The van der Waals surface area contributed by atoms with Crippen LogP contribution in [0.25, 0.3) is 5.57 Å². The van der Waals surface area contributed by atoms with Crippen LogP contribution in [0.2, 0.25) is 0 Å². The van der Waals surface area contributed by atoms with Crippen LogP contribution in [0.3, 0.4) is 0 Å². The molecule has 0 aliphatic carbocycles. The molecule has 2 heterocycles. The minimum atomic E-state index is -0.595. The Bertz CT molecular complexity index is 1200. The van der Waals surface area contributed by atoms with E-state index in [-0.39, 0.29) is 24.9 Å². The molecule has 5 rings (SSSR count). The second-order valence-electron chi connectivity index (χ2n) is 7.57. The zero-order chi connectivity index (χ0) is 22.2. The molecule has 162 valence electrons. The van der Waals surface area contributed by atoms with Gasteiger partial charge in [0.15, 0.2) is 17.3 Å². The number of rotatable bonds is 5. The Hall–Kier alpha value is -4.00. The number of benzene rings is 3. The maximum atomic E-state index is 13.6. The standard InChI is InChI=1S/C25H20FNO5/c1-30-19-9-5-16(6-10-19)22-23(17-3-7-18(26)8-4-17)27(25(29)24(22)28)13-15-2-11-20-21(12-15)32-14-31-20/h2-12,23,28H,13-14H2,1H3. The van der Waals surface area contributed by atoms with Gasteiger partial charge in [0, 0.05) is 12.1 Å². The van der Waals surface area contributed by atoms with E-state index in [1.54, 1.807) is 54.5 Å². The molecule has 3 aromatic carbocycles. The van der Waals surface area contributed by atoms with E-state index >= 15 is 0 Å². The predicted molar refractivity (Wildman–Crippen MR) is 115 cm³/mol. The molecule has 1 N–H and O–H groups in total. The van der Waals surface area contributed by atoms with Crippen molar-refractivity contribution in [2.24, 2.45) is 0 Å². The quantitative estimate of drug-likeness (QED) is 0.636. The Morgan fingerprint density at radius 3 is 2.47 bits per heavy atom. The lowest BCUT2D eigenvalue weighted by Gasteiger charge is -2.27. The lowest BCUT2D eigenvalue weighted by molar-refractivity contribution is -0.130. The van der Waals surface area contributed by atoms with E-state index < -0.39 is 11.9 Å². The molecule has 1 atom stereocenters. The van der Waals surface area contributed by atoms with Gasteiger partial charge in [-0.3, -0.25) is 4.79 Å². The molecule has 2 aliphatic rings. The number of carbonyl (C=O) groups is 1. The van der Waals surface area contributed by atoms with Gasteiger partial charge in [-0.15, -0.1) is 0 Å². The summed E-state index contributed by atoms with van der Waals surface area (Å²) in [7, 11) is 1.57. The SMILES string of the molecule is COc1ccc(C2=C(O)C(=O)N(Cc3ccc4c(c3)OCO4)C2c2ccc(F)cc2)cc1. The number of aliphatic hydroxyl groups excluding tert-OH is 1. The van der Waals surface area contributed by atoms with Crippen molar-refractivity contribution in [3.63, 3.8) is 0 Å². The monoisotopic (exact) mass is 433 g/mol. The summed E-state index contributed by atoms with van der Waals surface area (Å²) in [6.45, 7) is 0.380. The minimum Gasteiger partial charge on any atom is -0.503 e. The second-order valence-corrected chi connectivity index (χ2v) is 7.57. The number of amides is 1. The summed E-state index contributed by atoms with van der Waals surface area (Å²) in [6.07, 6.45) is 0. The third-order valence-corrected chi connectivity index (χ3v) is 5.68. The van der Waals surface area contributed by atoms with Crippen LogP contribution in [0.15, 0.2) is 72.5 Å². The lowest BCUT2D eigenvalue weighted by atomic mass is 9.93. The first kappa shape index (κ1) is 19.9. The van der Waals surface area contributed by atoms with Gasteiger partial charge in [0.05, 0.1) is 13.2 Å². The summed E-state index contributed by atoms with van der Waals surface area (Å²) in [5, 5.41) is 10.9. The smallest absolute Gasteiger partial charge is 0.290 e. The van der Waals surface area contributed by atoms with Crippen LogP contribution in [0.4, 0.5) is 4.39 Å². The molecular formula is C25H20FNO5. The van der Waals surface area contributed by atoms with Crippen LogP contribution >= 0.6 is 0 Å². The van der Waals surface area contributed by atoms with Crippen molar-refractivity contribution in [2.45, 2.75) is 12.6 Å². The van der Waals surface area contributed by atoms with Gasteiger partial charge in [-0.1, -0.05) is 30.3 Å². The third-order valence-electron chi connectivity index (χ3n) is 5.68. The number of nitrogens with zero attached hydrogens (tertiary/aromatic N) is 1. The molecule has 6 nitrogen and oxygen atoms in total. The van der Waals surface area contributed by atoms with Crippen molar-refractivity contribution in [1.82, 2.24) is 4.90 Å². The van der Waals surface area contributed by atoms with E-state index in [0.29, 0.717) is 33.9 Å². The first-order valence-corrected chi connectivity index (χ1v) is 10.1. The second kappa shape index (κ2) is 7.92. The lowest BCUT2D eigenvalue weighted by Crippen LogP contribution is -2.29. The molecule has 0 spiro atoms. The van der Waals surface area contributed by atoms with Crippen LogP contribution in [0.5, 0.6) is 17.2 Å². The normalized spacial score (nSPS) is 17.2. The molecule has 3 aromatic rings. The molecule has 0 saturated heterocycles. The van der Waals surface area contributed by atoms with Crippen LogP contribution in [-0.4, -0.2) is 29.8 Å². The van der Waals surface area contributed by atoms with Gasteiger partial charge in [-0.05, 0) is 53.1 Å². The molecule has 0 aromatic heterocycles. The zero-order valence-electron chi connectivity index (χ0n) is 17.2. The van der Waals surface area contributed by atoms with Crippen molar-refractivity contribution in [3.8, 4) is 17.2 Å². The van der Waals surface area contributed by atoms with Crippen LogP contribution < -0.4 is 14.2 Å². The maximum absolute atomic E-state index is 13.6. The average molecular weight is 433 g/mol. The van der Waals surface area contributed by atoms with Gasteiger partial charge in [-0.25, -0.2) is 4.39 Å². The van der Waals surface area contributed by atoms with Crippen molar-refractivity contribution in [3.05, 3.63) is 95.0 Å². The zero-order valence-corrected chi connectivity index (χ0v) is 17.2. The van der Waals surface area contributed by atoms with Gasteiger partial charge in [-0.2, -0.15) is 0 Å². The predicted octanol–water partition coefficient (Wildman–Crippen LogP) is 4.62. The van der Waals surface area contributed by atoms with Crippen molar-refractivity contribution >= 4 is 11.5 Å². The fourth-order valence-corrected chi connectivity index (χ4v) is 4.11. The van der Waals surface area contributed by atoms with E-state index in [0.717, 1.165) is 5.56 Å². The molecule has 32 heavy (non-hydrogen) atoms. The average Bonchev–Trinajstić information content (AvgIpc) is 3.38. The Morgan fingerprint density at radius 2 is 1.75 bits per heavy atom. The Kier molecular flexibility index (Phi) is 4.93. The highest BCUT2D eigenvalue weighted by atomic mass is 19.1. The number of methoxy groups -OCH3 is 1. The fourth-order valence-electron chi connectivity index (χ4n) is 4.11. The van der Waals surface area contributed by atoms with E-state index in [4.69, 9.17) is 14.2 Å². The Morgan fingerprint density at radius 1 is 1.03 bits per heavy atom. The van der Waals surface area contributed by atoms with E-state index in [1.807, 2.05) is 12.1 Å². The summed E-state index contributed by atoms with van der Waals surface area (Å²) in [6, 6.07) is 17.9. The molecule has 0 radical (unpaired) electrons. The van der Waals surface area contributed by atoms with Gasteiger partial charge in [0.2, 0.25) is 6.79 Å². The number of hydrogen-bond donors (Lipinski definition) is 1. The van der Waals surface area contributed by atoms with Crippen LogP contribution in [0, 0.1) is 5.82 Å². The highest BCUT2D eigenvalue weighted by Gasteiger charge is 2.41. The highest BCUT2D eigenvalue weighted by molar-refractivity contribution is 6.05. The molecule has 0 fully saturated rings. The molecule has 7 heteroatoms. The number of carbonyl (C=O) groups excluding carboxylic acids is 1. The number of fused-ring (bicyclic) bond motifs is 1. The first-order valence-electron chi connectivity index (χ1n) is 10.1.